The van der Waals surface area contributed by atoms with Gasteiger partial charge in [0.2, 0.25) is 5.78 Å². The van der Waals surface area contributed by atoms with E-state index < -0.39 is 52.2 Å². The molecule has 5 rings (SSSR count). The predicted molar refractivity (Wildman–Crippen MR) is 144 cm³/mol. The average Bonchev–Trinajstić information content (AvgIpc) is 2.90. The fraction of sp³-hybridized carbons (Fsp3) is 0.367. The number of amides is 2. The lowest BCUT2D eigenvalue weighted by Gasteiger charge is -2.47. The lowest BCUT2D eigenvalue weighted by Crippen LogP contribution is -2.64. The molecule has 0 radical (unpaired) electrons. The molecule has 0 aliphatic heterocycles. The zero-order valence-corrected chi connectivity index (χ0v) is 22.3. The number of Topliss-reactive ketones (excluding diaryl/α,β-unsaturated/α-hetero) is 3. The van der Waals surface area contributed by atoms with Crippen molar-refractivity contribution in [2.24, 2.45) is 23.5 Å². The third kappa shape index (κ3) is 4.33. The minimum absolute atomic E-state index is 0.0380. The number of allylic oxidation sites excluding steroid dienone is 1. The Balaban J connectivity index is 1.51. The van der Waals surface area contributed by atoms with E-state index in [4.69, 9.17) is 5.73 Å². The molecule has 10 nitrogen and oxygen atoms in total. The van der Waals surface area contributed by atoms with Gasteiger partial charge in [0.05, 0.1) is 17.1 Å². The summed E-state index contributed by atoms with van der Waals surface area (Å²) in [6.07, 6.45) is 1.88. The van der Waals surface area contributed by atoms with Gasteiger partial charge >= 0.3 is 0 Å². The van der Waals surface area contributed by atoms with E-state index >= 15 is 0 Å². The topological polar surface area (TPSA) is 167 Å². The van der Waals surface area contributed by atoms with E-state index in [1.54, 1.807) is 30.3 Å². The minimum atomic E-state index is -2.52. The molecule has 208 valence electrons. The Morgan fingerprint density at radius 2 is 1.90 bits per heavy atom. The average molecular weight is 546 g/mol. The molecule has 0 spiro atoms. The number of phenolic OH excluding ortho intramolecular Hbond substituents is 1. The first kappa shape index (κ1) is 27.4. The van der Waals surface area contributed by atoms with Crippen molar-refractivity contribution in [3.05, 3.63) is 64.7 Å². The first-order valence-electron chi connectivity index (χ1n) is 13.2. The number of ketones is 3. The number of hydrogen-bond acceptors (Lipinski definition) is 8. The summed E-state index contributed by atoms with van der Waals surface area (Å²) < 4.78 is 0. The lowest BCUT2D eigenvalue weighted by molar-refractivity contribution is -0.164. The summed E-state index contributed by atoms with van der Waals surface area (Å²) in [6, 6.07) is 9.99. The number of phenols is 1. The minimum Gasteiger partial charge on any atom is -0.507 e. The van der Waals surface area contributed by atoms with Gasteiger partial charge in [-0.3, -0.25) is 24.0 Å². The maximum absolute atomic E-state index is 13.8. The van der Waals surface area contributed by atoms with E-state index in [2.05, 4.69) is 5.32 Å². The molecule has 2 aromatic carbocycles. The van der Waals surface area contributed by atoms with Crippen LogP contribution < -0.4 is 11.1 Å². The third-order valence-electron chi connectivity index (χ3n) is 8.34. The largest absolute Gasteiger partial charge is 0.507 e. The summed E-state index contributed by atoms with van der Waals surface area (Å²) in [6.45, 7) is 1.16. The van der Waals surface area contributed by atoms with Crippen LogP contribution in [-0.2, 0) is 20.8 Å². The molecule has 1 unspecified atom stereocenters. The van der Waals surface area contributed by atoms with E-state index in [0.29, 0.717) is 35.3 Å². The van der Waals surface area contributed by atoms with Crippen LogP contribution >= 0.6 is 0 Å². The van der Waals surface area contributed by atoms with Gasteiger partial charge in [-0.05, 0) is 74.2 Å². The smallest absolute Gasteiger partial charge is 0.252 e. The Morgan fingerprint density at radius 3 is 2.60 bits per heavy atom. The number of nitrogens with one attached hydrogen (secondary N) is 1. The highest BCUT2D eigenvalue weighted by molar-refractivity contribution is 6.32. The van der Waals surface area contributed by atoms with E-state index in [1.165, 1.54) is 12.1 Å². The van der Waals surface area contributed by atoms with Gasteiger partial charge in [0.15, 0.2) is 17.2 Å². The van der Waals surface area contributed by atoms with Crippen LogP contribution in [-0.4, -0.2) is 77.1 Å². The van der Waals surface area contributed by atoms with Crippen molar-refractivity contribution in [1.82, 2.24) is 10.2 Å². The van der Waals surface area contributed by atoms with Gasteiger partial charge in [0.25, 0.3) is 11.8 Å². The summed E-state index contributed by atoms with van der Waals surface area (Å²) in [5.41, 5.74) is 4.59. The maximum Gasteiger partial charge on any atom is 0.252 e. The molecule has 0 heterocycles. The molecule has 4 atom stereocenters. The number of nitrogens with two attached hydrogens (primary N) is 1. The van der Waals surface area contributed by atoms with Gasteiger partial charge in [-0.1, -0.05) is 24.3 Å². The van der Waals surface area contributed by atoms with E-state index in [9.17, 15) is 34.2 Å². The standard InChI is InChI=1S/C30H31N3O7/c1-33(2)11-10-32-29(39)16-5-3-4-15(12-16)19-8-9-22(34)24-21(19)14-17-13-18-6-7-20(28(31)38)26(36)30(18,40)27(37)23(17)25(24)35/h3-5,7-9,12,17-18,23,34,40H,6,10-11,13-14H2,1-2H3,(H2,31,38)(H,32,39)/t17-,18-,23?,30-/m1/s1. The Bertz CT molecular complexity index is 1490. The molecule has 0 saturated heterocycles. The Morgan fingerprint density at radius 1 is 1.15 bits per heavy atom. The Hall–Kier alpha value is -4.15. The first-order chi connectivity index (χ1) is 18.9. The number of rotatable bonds is 6. The summed E-state index contributed by atoms with van der Waals surface area (Å²) in [4.78, 5) is 66.9. The van der Waals surface area contributed by atoms with Crippen molar-refractivity contribution in [3.8, 4) is 16.9 Å². The van der Waals surface area contributed by atoms with Gasteiger partial charge in [-0.2, -0.15) is 0 Å². The number of hydrogen-bond donors (Lipinski definition) is 4. The number of aromatic hydroxyl groups is 1. The van der Waals surface area contributed by atoms with Crippen LogP contribution in [0.3, 0.4) is 0 Å². The molecule has 2 amide bonds. The summed E-state index contributed by atoms with van der Waals surface area (Å²) in [5.74, 6) is -6.97. The predicted octanol–water partition coefficient (Wildman–Crippen LogP) is 1.03. The van der Waals surface area contributed by atoms with Crippen LogP contribution in [0.15, 0.2) is 48.0 Å². The van der Waals surface area contributed by atoms with E-state index in [0.717, 1.165) is 0 Å². The molecule has 5 N–H and O–H groups in total. The van der Waals surface area contributed by atoms with Crippen molar-refractivity contribution < 1.29 is 34.2 Å². The number of benzene rings is 2. The molecular formula is C30H31N3O7. The quantitative estimate of drug-likeness (QED) is 0.308. The van der Waals surface area contributed by atoms with Crippen molar-refractivity contribution in [1.29, 1.82) is 0 Å². The Labute approximate surface area is 230 Å². The second-order valence-electron chi connectivity index (χ2n) is 11.0. The molecule has 1 saturated carbocycles. The highest BCUT2D eigenvalue weighted by atomic mass is 16.3. The lowest BCUT2D eigenvalue weighted by atomic mass is 9.55. The van der Waals surface area contributed by atoms with E-state index in [-0.39, 0.29) is 36.5 Å². The third-order valence-corrected chi connectivity index (χ3v) is 8.34. The number of carbonyl (C=O) groups is 5. The van der Waals surface area contributed by atoms with Gasteiger partial charge in [-0.15, -0.1) is 0 Å². The van der Waals surface area contributed by atoms with Crippen LogP contribution in [0.25, 0.3) is 11.1 Å². The summed E-state index contributed by atoms with van der Waals surface area (Å²) in [7, 11) is 3.82. The fourth-order valence-electron chi connectivity index (χ4n) is 6.33. The van der Waals surface area contributed by atoms with E-state index in [1.807, 2.05) is 19.0 Å². The maximum atomic E-state index is 13.8. The van der Waals surface area contributed by atoms with Crippen LogP contribution in [0.1, 0.15) is 39.1 Å². The van der Waals surface area contributed by atoms with Crippen molar-refractivity contribution in [2.75, 3.05) is 27.2 Å². The molecule has 2 aromatic rings. The number of likely N-dealkylation sites (N-methyl/N-ethyl adjacent to an activating group) is 1. The highest BCUT2D eigenvalue weighted by Gasteiger charge is 2.62. The van der Waals surface area contributed by atoms with Gasteiger partial charge in [0, 0.05) is 24.6 Å². The number of nitrogens with zero attached hydrogens (tertiary/aromatic N) is 1. The molecule has 1 fully saturated rings. The van der Waals surface area contributed by atoms with Crippen LogP contribution in [0, 0.1) is 17.8 Å². The molecule has 3 aliphatic carbocycles. The monoisotopic (exact) mass is 545 g/mol. The van der Waals surface area contributed by atoms with Gasteiger partial charge in [0.1, 0.15) is 5.75 Å². The van der Waals surface area contributed by atoms with Crippen LogP contribution in [0.5, 0.6) is 5.75 Å². The Kier molecular flexibility index (Phi) is 6.93. The zero-order valence-electron chi connectivity index (χ0n) is 22.3. The van der Waals surface area contributed by atoms with Crippen molar-refractivity contribution in [2.45, 2.75) is 24.9 Å². The molecule has 3 aliphatic rings. The fourth-order valence-corrected chi connectivity index (χ4v) is 6.33. The number of fused-ring (bicyclic) bond motifs is 3. The normalized spacial score (nSPS) is 25.6. The highest BCUT2D eigenvalue weighted by Crippen LogP contribution is 2.50. The second-order valence-corrected chi connectivity index (χ2v) is 11.0. The molecular weight excluding hydrogens is 514 g/mol. The van der Waals surface area contributed by atoms with Crippen molar-refractivity contribution >= 4 is 29.2 Å². The molecule has 10 heteroatoms. The number of carbonyl (C=O) groups excluding carboxylic acids is 5. The number of primary amides is 1. The van der Waals surface area contributed by atoms with Crippen LogP contribution in [0.4, 0.5) is 0 Å². The number of aliphatic hydroxyl groups is 1. The zero-order chi connectivity index (χ0) is 28.9. The van der Waals surface area contributed by atoms with Crippen molar-refractivity contribution in [3.63, 3.8) is 0 Å². The SMILES string of the molecule is CN(C)CCNC(=O)c1cccc(-c2ccc(O)c3c2C[C@H]2C[C@H]4CC=C(C(N)=O)C(=O)[C@@]4(O)C(=O)C2C3=O)c1. The second kappa shape index (κ2) is 10.1. The summed E-state index contributed by atoms with van der Waals surface area (Å²) in [5, 5.41) is 24.9. The van der Waals surface area contributed by atoms with Gasteiger partial charge < -0.3 is 26.2 Å². The van der Waals surface area contributed by atoms with Gasteiger partial charge in [-0.25, -0.2) is 0 Å². The molecule has 0 aromatic heterocycles. The summed E-state index contributed by atoms with van der Waals surface area (Å²) >= 11 is 0. The molecule has 0 bridgehead atoms. The first-order valence-corrected chi connectivity index (χ1v) is 13.2. The molecule has 40 heavy (non-hydrogen) atoms. The van der Waals surface area contributed by atoms with Crippen LogP contribution in [0.2, 0.25) is 0 Å².